The summed E-state index contributed by atoms with van der Waals surface area (Å²) in [5, 5.41) is 3.28. The SMILES string of the molecule is COc1ccccc1N1CCN(S(=O)(=O)c2ccc(NC(=O)COc3ccc(Cl)cc3)cc2)CC1. The number of benzene rings is 3. The third kappa shape index (κ3) is 6.05. The van der Waals surface area contributed by atoms with Crippen LogP contribution in [-0.2, 0) is 14.8 Å². The van der Waals surface area contributed by atoms with E-state index in [1.54, 1.807) is 43.5 Å². The van der Waals surface area contributed by atoms with Gasteiger partial charge in [0, 0.05) is 36.9 Å². The van der Waals surface area contributed by atoms with Gasteiger partial charge in [-0.2, -0.15) is 4.31 Å². The minimum absolute atomic E-state index is 0.179. The van der Waals surface area contributed by atoms with Crippen LogP contribution < -0.4 is 19.7 Å². The number of piperazine rings is 1. The van der Waals surface area contributed by atoms with Gasteiger partial charge in [0.15, 0.2) is 6.61 Å². The molecule has 184 valence electrons. The normalized spacial score (nSPS) is 14.4. The zero-order chi connectivity index (χ0) is 24.8. The molecular formula is C25H26ClN3O5S. The van der Waals surface area contributed by atoms with Gasteiger partial charge in [-0.1, -0.05) is 23.7 Å². The molecule has 10 heteroatoms. The average Bonchev–Trinajstić information content (AvgIpc) is 2.89. The van der Waals surface area contributed by atoms with Crippen LogP contribution in [0.4, 0.5) is 11.4 Å². The fourth-order valence-corrected chi connectivity index (χ4v) is 5.34. The highest BCUT2D eigenvalue weighted by Gasteiger charge is 2.29. The number of nitrogens with zero attached hydrogens (tertiary/aromatic N) is 2. The van der Waals surface area contributed by atoms with E-state index in [4.69, 9.17) is 21.1 Å². The highest BCUT2D eigenvalue weighted by Crippen LogP contribution is 2.29. The number of ether oxygens (including phenoxy) is 2. The second-order valence-electron chi connectivity index (χ2n) is 7.88. The predicted molar refractivity (Wildman–Crippen MR) is 136 cm³/mol. The van der Waals surface area contributed by atoms with Crippen LogP contribution in [0, 0.1) is 0 Å². The molecule has 0 radical (unpaired) electrons. The molecule has 8 nitrogen and oxygen atoms in total. The number of hydrogen-bond acceptors (Lipinski definition) is 6. The number of halogens is 1. The molecule has 3 aromatic rings. The number of nitrogens with one attached hydrogen (secondary N) is 1. The molecule has 0 aliphatic carbocycles. The molecule has 1 heterocycles. The molecule has 1 aliphatic heterocycles. The first kappa shape index (κ1) is 24.8. The van der Waals surface area contributed by atoms with Crippen molar-refractivity contribution in [3.05, 3.63) is 77.8 Å². The highest BCUT2D eigenvalue weighted by atomic mass is 35.5. The second kappa shape index (κ2) is 11.0. The van der Waals surface area contributed by atoms with Crippen molar-refractivity contribution in [2.75, 3.05) is 50.1 Å². The van der Waals surface area contributed by atoms with E-state index in [1.165, 1.54) is 16.4 Å². The van der Waals surface area contributed by atoms with Crippen molar-refractivity contribution in [2.45, 2.75) is 4.90 Å². The van der Waals surface area contributed by atoms with Gasteiger partial charge in [-0.25, -0.2) is 8.42 Å². The summed E-state index contributed by atoms with van der Waals surface area (Å²) in [5.41, 5.74) is 1.43. The van der Waals surface area contributed by atoms with Crippen LogP contribution in [0.3, 0.4) is 0 Å². The molecule has 1 N–H and O–H groups in total. The van der Waals surface area contributed by atoms with Gasteiger partial charge in [0.05, 0.1) is 17.7 Å². The number of methoxy groups -OCH3 is 1. The summed E-state index contributed by atoms with van der Waals surface area (Å²) >= 11 is 5.83. The van der Waals surface area contributed by atoms with E-state index in [1.807, 2.05) is 24.3 Å². The van der Waals surface area contributed by atoms with Crippen LogP contribution >= 0.6 is 11.6 Å². The smallest absolute Gasteiger partial charge is 0.262 e. The lowest BCUT2D eigenvalue weighted by molar-refractivity contribution is -0.118. The number of hydrogen-bond donors (Lipinski definition) is 1. The minimum atomic E-state index is -3.65. The molecule has 0 aromatic heterocycles. The Balaban J connectivity index is 1.32. The minimum Gasteiger partial charge on any atom is -0.495 e. The van der Waals surface area contributed by atoms with Crippen molar-refractivity contribution in [3.63, 3.8) is 0 Å². The Morgan fingerprint density at radius 3 is 2.26 bits per heavy atom. The lowest BCUT2D eigenvalue weighted by atomic mass is 10.2. The van der Waals surface area contributed by atoms with E-state index in [2.05, 4.69) is 10.2 Å². The maximum atomic E-state index is 13.1. The zero-order valence-electron chi connectivity index (χ0n) is 19.2. The molecule has 4 rings (SSSR count). The number of para-hydroxylation sites is 2. The van der Waals surface area contributed by atoms with Crippen LogP contribution in [0.25, 0.3) is 0 Å². The summed E-state index contributed by atoms with van der Waals surface area (Å²) in [4.78, 5) is 14.5. The monoisotopic (exact) mass is 515 g/mol. The highest BCUT2D eigenvalue weighted by molar-refractivity contribution is 7.89. The molecule has 3 aromatic carbocycles. The van der Waals surface area contributed by atoms with Crippen molar-refractivity contribution < 1.29 is 22.7 Å². The van der Waals surface area contributed by atoms with Crippen molar-refractivity contribution in [1.29, 1.82) is 0 Å². The summed E-state index contributed by atoms with van der Waals surface area (Å²) in [6.45, 7) is 1.66. The molecule has 0 spiro atoms. The van der Waals surface area contributed by atoms with Gasteiger partial charge in [0.25, 0.3) is 5.91 Å². The van der Waals surface area contributed by atoms with Crippen molar-refractivity contribution in [3.8, 4) is 11.5 Å². The van der Waals surface area contributed by atoms with E-state index >= 15 is 0 Å². The average molecular weight is 516 g/mol. The van der Waals surface area contributed by atoms with E-state index in [0.717, 1.165) is 11.4 Å². The Labute approximate surface area is 210 Å². The first-order valence-corrected chi connectivity index (χ1v) is 12.8. The fourth-order valence-electron chi connectivity index (χ4n) is 3.80. The summed E-state index contributed by atoms with van der Waals surface area (Å²) in [6.07, 6.45) is 0. The number of rotatable bonds is 8. The maximum absolute atomic E-state index is 13.1. The Morgan fingerprint density at radius 2 is 1.60 bits per heavy atom. The molecule has 1 fully saturated rings. The van der Waals surface area contributed by atoms with Crippen molar-refractivity contribution in [2.24, 2.45) is 0 Å². The Kier molecular flexibility index (Phi) is 7.80. The summed E-state index contributed by atoms with van der Waals surface area (Å²) < 4.78 is 38.6. The molecule has 1 aliphatic rings. The molecule has 1 saturated heterocycles. The maximum Gasteiger partial charge on any atom is 0.262 e. The largest absolute Gasteiger partial charge is 0.495 e. The van der Waals surface area contributed by atoms with Crippen LogP contribution in [0.1, 0.15) is 0 Å². The van der Waals surface area contributed by atoms with Crippen molar-refractivity contribution >= 4 is 38.9 Å². The van der Waals surface area contributed by atoms with E-state index < -0.39 is 10.0 Å². The fraction of sp³-hybridized carbons (Fsp3) is 0.240. The van der Waals surface area contributed by atoms with Gasteiger partial charge in [-0.05, 0) is 60.7 Å². The summed E-state index contributed by atoms with van der Waals surface area (Å²) in [7, 11) is -2.03. The van der Waals surface area contributed by atoms with Gasteiger partial charge in [-0.3, -0.25) is 4.79 Å². The molecule has 1 amide bonds. The lowest BCUT2D eigenvalue weighted by Crippen LogP contribution is -2.48. The van der Waals surface area contributed by atoms with Gasteiger partial charge in [0.2, 0.25) is 10.0 Å². The molecule has 0 bridgehead atoms. The van der Waals surface area contributed by atoms with Gasteiger partial charge in [-0.15, -0.1) is 0 Å². The zero-order valence-corrected chi connectivity index (χ0v) is 20.8. The topological polar surface area (TPSA) is 88.2 Å². The third-order valence-corrected chi connectivity index (χ3v) is 7.79. The number of sulfonamides is 1. The van der Waals surface area contributed by atoms with Gasteiger partial charge >= 0.3 is 0 Å². The molecule has 0 atom stereocenters. The second-order valence-corrected chi connectivity index (χ2v) is 10.3. The van der Waals surface area contributed by atoms with E-state index in [0.29, 0.717) is 42.6 Å². The lowest BCUT2D eigenvalue weighted by Gasteiger charge is -2.35. The van der Waals surface area contributed by atoms with Crippen LogP contribution in [-0.4, -0.2) is 58.5 Å². The quantitative estimate of drug-likeness (QED) is 0.490. The number of carbonyl (C=O) groups excluding carboxylic acids is 1. The Bertz CT molecular complexity index is 1260. The number of anilines is 2. The predicted octanol–water partition coefficient (Wildman–Crippen LogP) is 3.88. The Morgan fingerprint density at radius 1 is 0.943 bits per heavy atom. The number of amides is 1. The van der Waals surface area contributed by atoms with Gasteiger partial charge in [0.1, 0.15) is 11.5 Å². The van der Waals surface area contributed by atoms with Crippen LogP contribution in [0.15, 0.2) is 77.7 Å². The van der Waals surface area contributed by atoms with Crippen molar-refractivity contribution in [1.82, 2.24) is 4.31 Å². The van der Waals surface area contributed by atoms with E-state index in [9.17, 15) is 13.2 Å². The van der Waals surface area contributed by atoms with Gasteiger partial charge < -0.3 is 19.7 Å². The number of carbonyl (C=O) groups is 1. The summed E-state index contributed by atoms with van der Waals surface area (Å²) in [6, 6.07) is 20.5. The van der Waals surface area contributed by atoms with Crippen LogP contribution in [0.2, 0.25) is 5.02 Å². The summed E-state index contributed by atoms with van der Waals surface area (Å²) in [5.74, 6) is 0.930. The first-order valence-electron chi connectivity index (χ1n) is 11.0. The molecule has 0 saturated carbocycles. The molecule has 0 unspecified atom stereocenters. The third-order valence-electron chi connectivity index (χ3n) is 5.62. The first-order chi connectivity index (χ1) is 16.9. The van der Waals surface area contributed by atoms with Crippen LogP contribution in [0.5, 0.6) is 11.5 Å². The molecule has 35 heavy (non-hydrogen) atoms. The Hall–Kier alpha value is -3.27. The standard InChI is InChI=1S/C25H26ClN3O5S/c1-33-24-5-3-2-4-23(24)28-14-16-29(17-15-28)35(31,32)22-12-8-20(9-13-22)27-25(30)18-34-21-10-6-19(26)7-11-21/h2-13H,14-18H2,1H3,(H,27,30). The molecular weight excluding hydrogens is 490 g/mol. The van der Waals surface area contributed by atoms with E-state index in [-0.39, 0.29) is 17.4 Å².